The van der Waals surface area contributed by atoms with E-state index in [-0.39, 0.29) is 18.5 Å². The molecule has 1 fully saturated rings. The van der Waals surface area contributed by atoms with E-state index in [1.807, 2.05) is 0 Å². The van der Waals surface area contributed by atoms with Crippen molar-refractivity contribution in [3.05, 3.63) is 0 Å². The van der Waals surface area contributed by atoms with Crippen LogP contribution in [0.25, 0.3) is 0 Å². The minimum Gasteiger partial charge on any atom is -0.368 e. The fourth-order valence-electron chi connectivity index (χ4n) is 1.37. The third-order valence-electron chi connectivity index (χ3n) is 2.06. The largest absolute Gasteiger partial charge is 0.368 e. The number of amides is 2. The summed E-state index contributed by atoms with van der Waals surface area (Å²) in [6.07, 6.45) is 3.01. The fraction of sp³-hybridized carbons (Fsp3) is 0.750. The summed E-state index contributed by atoms with van der Waals surface area (Å²) in [6.45, 7) is 0.797. The molecule has 0 aromatic rings. The predicted molar refractivity (Wildman–Crippen MR) is 47.8 cm³/mol. The molecule has 4 N–H and O–H groups in total. The molecule has 1 rings (SSSR count). The van der Waals surface area contributed by atoms with Gasteiger partial charge in [0.05, 0.1) is 12.6 Å². The first-order valence-electron chi connectivity index (χ1n) is 4.49. The maximum Gasteiger partial charge on any atom is 0.237 e. The summed E-state index contributed by atoms with van der Waals surface area (Å²) >= 11 is 0. The van der Waals surface area contributed by atoms with Crippen molar-refractivity contribution in [2.45, 2.75) is 25.3 Å². The standard InChI is InChI=1S/C8H15N3O2/c9-7(12)5-11-8(13)6-3-1-2-4-10-6/h6,10H,1-5H2,(H2,9,12)(H,11,13)/t6-/m1/s1. The normalized spacial score (nSPS) is 22.3. The molecule has 0 aromatic heterocycles. The van der Waals surface area contributed by atoms with Crippen molar-refractivity contribution in [1.29, 1.82) is 0 Å². The number of carbonyl (C=O) groups is 2. The Morgan fingerprint density at radius 2 is 2.23 bits per heavy atom. The van der Waals surface area contributed by atoms with Crippen LogP contribution in [-0.2, 0) is 9.59 Å². The monoisotopic (exact) mass is 185 g/mol. The molecule has 5 nitrogen and oxygen atoms in total. The number of nitrogens with one attached hydrogen (secondary N) is 2. The van der Waals surface area contributed by atoms with Crippen LogP contribution in [0.15, 0.2) is 0 Å². The van der Waals surface area contributed by atoms with E-state index in [0.717, 1.165) is 25.8 Å². The van der Waals surface area contributed by atoms with E-state index in [4.69, 9.17) is 5.73 Å². The number of hydrogen-bond acceptors (Lipinski definition) is 3. The molecule has 1 aliphatic rings. The van der Waals surface area contributed by atoms with Crippen molar-refractivity contribution in [2.24, 2.45) is 5.73 Å². The lowest BCUT2D eigenvalue weighted by Crippen LogP contribution is -2.48. The van der Waals surface area contributed by atoms with Gasteiger partial charge in [-0.05, 0) is 19.4 Å². The number of carbonyl (C=O) groups excluding carboxylic acids is 2. The molecule has 0 saturated carbocycles. The Balaban J connectivity index is 2.25. The van der Waals surface area contributed by atoms with Gasteiger partial charge in [-0.3, -0.25) is 9.59 Å². The molecule has 5 heteroatoms. The van der Waals surface area contributed by atoms with Crippen LogP contribution in [0.5, 0.6) is 0 Å². The molecular formula is C8H15N3O2. The summed E-state index contributed by atoms with van der Waals surface area (Å²) in [5.74, 6) is -0.636. The van der Waals surface area contributed by atoms with Gasteiger partial charge in [0.15, 0.2) is 0 Å². The van der Waals surface area contributed by atoms with Crippen molar-refractivity contribution >= 4 is 11.8 Å². The number of piperidine rings is 1. The Bertz CT molecular complexity index is 200. The Morgan fingerprint density at radius 1 is 1.46 bits per heavy atom. The van der Waals surface area contributed by atoms with E-state index in [0.29, 0.717) is 0 Å². The number of rotatable bonds is 3. The minimum atomic E-state index is -0.510. The summed E-state index contributed by atoms with van der Waals surface area (Å²) in [4.78, 5) is 21.7. The maximum absolute atomic E-state index is 11.3. The van der Waals surface area contributed by atoms with Crippen LogP contribution in [0.4, 0.5) is 0 Å². The van der Waals surface area contributed by atoms with Gasteiger partial charge >= 0.3 is 0 Å². The predicted octanol–water partition coefficient (Wildman–Crippen LogP) is -1.27. The number of hydrogen-bond donors (Lipinski definition) is 3. The maximum atomic E-state index is 11.3. The second-order valence-corrected chi connectivity index (χ2v) is 3.19. The molecule has 1 atom stereocenters. The van der Waals surface area contributed by atoms with E-state index in [9.17, 15) is 9.59 Å². The molecule has 1 saturated heterocycles. The Hall–Kier alpha value is -1.10. The molecule has 0 aromatic carbocycles. The summed E-state index contributed by atoms with van der Waals surface area (Å²) in [5.41, 5.74) is 4.90. The smallest absolute Gasteiger partial charge is 0.237 e. The van der Waals surface area contributed by atoms with Crippen LogP contribution < -0.4 is 16.4 Å². The van der Waals surface area contributed by atoms with Gasteiger partial charge in [-0.15, -0.1) is 0 Å². The zero-order valence-corrected chi connectivity index (χ0v) is 7.51. The molecule has 0 radical (unpaired) electrons. The Morgan fingerprint density at radius 3 is 2.77 bits per heavy atom. The van der Waals surface area contributed by atoms with E-state index >= 15 is 0 Å². The molecule has 1 aliphatic heterocycles. The molecule has 0 spiro atoms. The molecule has 0 bridgehead atoms. The fourth-order valence-corrected chi connectivity index (χ4v) is 1.37. The molecule has 0 unspecified atom stereocenters. The highest BCUT2D eigenvalue weighted by atomic mass is 16.2. The molecule has 1 heterocycles. The van der Waals surface area contributed by atoms with Crippen LogP contribution in [0.3, 0.4) is 0 Å². The Kier molecular flexibility index (Phi) is 3.70. The van der Waals surface area contributed by atoms with Crippen molar-refractivity contribution in [1.82, 2.24) is 10.6 Å². The molecule has 74 valence electrons. The lowest BCUT2D eigenvalue weighted by molar-refractivity contribution is -0.126. The van der Waals surface area contributed by atoms with Crippen LogP contribution in [-0.4, -0.2) is 30.9 Å². The summed E-state index contributed by atoms with van der Waals surface area (Å²) < 4.78 is 0. The van der Waals surface area contributed by atoms with Gasteiger partial charge in [0, 0.05) is 0 Å². The third kappa shape index (κ3) is 3.42. The van der Waals surface area contributed by atoms with Gasteiger partial charge in [0.25, 0.3) is 0 Å². The Labute approximate surface area is 77.1 Å². The number of nitrogens with two attached hydrogens (primary N) is 1. The zero-order chi connectivity index (χ0) is 9.68. The highest BCUT2D eigenvalue weighted by molar-refractivity contribution is 5.86. The van der Waals surface area contributed by atoms with Crippen molar-refractivity contribution in [3.8, 4) is 0 Å². The van der Waals surface area contributed by atoms with E-state index < -0.39 is 5.91 Å². The highest BCUT2D eigenvalue weighted by Crippen LogP contribution is 2.06. The summed E-state index contributed by atoms with van der Waals surface area (Å²) in [5, 5.41) is 5.55. The second-order valence-electron chi connectivity index (χ2n) is 3.19. The molecular weight excluding hydrogens is 170 g/mol. The molecule has 13 heavy (non-hydrogen) atoms. The van der Waals surface area contributed by atoms with Crippen LogP contribution >= 0.6 is 0 Å². The van der Waals surface area contributed by atoms with Crippen LogP contribution in [0.1, 0.15) is 19.3 Å². The van der Waals surface area contributed by atoms with E-state index in [1.54, 1.807) is 0 Å². The van der Waals surface area contributed by atoms with Crippen molar-refractivity contribution < 1.29 is 9.59 Å². The molecule has 2 amide bonds. The zero-order valence-electron chi connectivity index (χ0n) is 7.51. The van der Waals surface area contributed by atoms with Crippen LogP contribution in [0.2, 0.25) is 0 Å². The first-order chi connectivity index (χ1) is 6.20. The van der Waals surface area contributed by atoms with Crippen molar-refractivity contribution in [2.75, 3.05) is 13.1 Å². The first-order valence-corrected chi connectivity index (χ1v) is 4.49. The summed E-state index contributed by atoms with van der Waals surface area (Å²) in [7, 11) is 0. The minimum absolute atomic E-state index is 0.0724. The first kappa shape index (κ1) is 9.98. The van der Waals surface area contributed by atoms with Gasteiger partial charge in [-0.2, -0.15) is 0 Å². The third-order valence-corrected chi connectivity index (χ3v) is 2.06. The van der Waals surface area contributed by atoms with Gasteiger partial charge < -0.3 is 16.4 Å². The van der Waals surface area contributed by atoms with Gasteiger partial charge in [0.2, 0.25) is 11.8 Å². The highest BCUT2D eigenvalue weighted by Gasteiger charge is 2.19. The number of primary amides is 1. The quantitative estimate of drug-likeness (QED) is 0.512. The second kappa shape index (κ2) is 4.81. The topological polar surface area (TPSA) is 84.2 Å². The van der Waals surface area contributed by atoms with E-state index in [1.165, 1.54) is 0 Å². The lowest BCUT2D eigenvalue weighted by atomic mass is 10.0. The van der Waals surface area contributed by atoms with Crippen molar-refractivity contribution in [3.63, 3.8) is 0 Å². The van der Waals surface area contributed by atoms with Gasteiger partial charge in [-0.25, -0.2) is 0 Å². The average molecular weight is 185 g/mol. The molecule has 0 aliphatic carbocycles. The summed E-state index contributed by atoms with van der Waals surface area (Å²) in [6, 6.07) is -0.145. The lowest BCUT2D eigenvalue weighted by Gasteiger charge is -2.22. The van der Waals surface area contributed by atoms with Gasteiger partial charge in [-0.1, -0.05) is 6.42 Å². The average Bonchev–Trinajstić information content (AvgIpc) is 2.15. The SMILES string of the molecule is NC(=O)CNC(=O)[C@H]1CCCCN1. The van der Waals surface area contributed by atoms with Gasteiger partial charge in [0.1, 0.15) is 0 Å². The van der Waals surface area contributed by atoms with E-state index in [2.05, 4.69) is 10.6 Å². The van der Waals surface area contributed by atoms with Crippen LogP contribution in [0, 0.1) is 0 Å².